The van der Waals surface area contributed by atoms with Gasteiger partial charge in [0.05, 0.1) is 0 Å². The summed E-state index contributed by atoms with van der Waals surface area (Å²) >= 11 is 0. The number of nitrogens with zero attached hydrogens (tertiary/aromatic N) is 2. The number of aromatic nitrogens is 1. The van der Waals surface area contributed by atoms with Gasteiger partial charge in [-0.05, 0) is 43.6 Å². The topological polar surface area (TPSA) is 54.5 Å². The number of carbonyl (C=O) groups is 1. The quantitative estimate of drug-likeness (QED) is 0.877. The average molecular weight is 337 g/mol. The number of likely N-dealkylation sites (N-methyl/N-ethyl adjacent to an activating group) is 1. The number of pyridine rings is 1. The number of carbonyl (C=O) groups excluding carboxylic acids is 1. The van der Waals surface area contributed by atoms with Crippen LogP contribution in [-0.4, -0.2) is 49.1 Å². The van der Waals surface area contributed by atoms with Crippen molar-refractivity contribution in [1.82, 2.24) is 15.2 Å². The van der Waals surface area contributed by atoms with Crippen molar-refractivity contribution < 1.29 is 9.53 Å². The SMILES string of the molecule is CN(C)CCOc1cc(C(=O)N[C@@H]2[C@@H]3Cc4ccccc4[C@H]32)ccn1. The summed E-state index contributed by atoms with van der Waals surface area (Å²) in [6.07, 6.45) is 2.70. The lowest BCUT2D eigenvalue weighted by atomic mass is 10.1. The Morgan fingerprint density at radius 3 is 3.00 bits per heavy atom. The van der Waals surface area contributed by atoms with E-state index in [1.54, 1.807) is 18.3 Å². The minimum absolute atomic E-state index is 0.0447. The van der Waals surface area contributed by atoms with Gasteiger partial charge in [-0.25, -0.2) is 4.98 Å². The summed E-state index contributed by atoms with van der Waals surface area (Å²) < 4.78 is 5.62. The van der Waals surface area contributed by atoms with Gasteiger partial charge in [-0.3, -0.25) is 4.79 Å². The molecule has 130 valence electrons. The van der Waals surface area contributed by atoms with Crippen LogP contribution in [0.3, 0.4) is 0 Å². The van der Waals surface area contributed by atoms with Crippen molar-refractivity contribution in [3.63, 3.8) is 0 Å². The molecule has 1 aromatic carbocycles. The van der Waals surface area contributed by atoms with E-state index in [1.165, 1.54) is 11.1 Å². The number of rotatable bonds is 6. The van der Waals surface area contributed by atoms with Crippen LogP contribution in [-0.2, 0) is 6.42 Å². The number of nitrogens with one attached hydrogen (secondary N) is 1. The van der Waals surface area contributed by atoms with Crippen LogP contribution in [0.2, 0.25) is 0 Å². The molecule has 2 aromatic rings. The highest BCUT2D eigenvalue weighted by molar-refractivity contribution is 5.95. The second-order valence-corrected chi connectivity index (χ2v) is 7.13. The van der Waals surface area contributed by atoms with Crippen molar-refractivity contribution in [3.8, 4) is 5.88 Å². The molecular weight excluding hydrogens is 314 g/mol. The van der Waals surface area contributed by atoms with Crippen LogP contribution in [0.5, 0.6) is 5.88 Å². The highest BCUT2D eigenvalue weighted by Gasteiger charge is 2.56. The van der Waals surface area contributed by atoms with Crippen molar-refractivity contribution in [2.24, 2.45) is 5.92 Å². The summed E-state index contributed by atoms with van der Waals surface area (Å²) in [6.45, 7) is 1.36. The van der Waals surface area contributed by atoms with Crippen molar-refractivity contribution in [2.45, 2.75) is 18.4 Å². The Balaban J connectivity index is 1.37. The molecule has 4 rings (SSSR count). The normalized spacial score (nSPS) is 23.1. The van der Waals surface area contributed by atoms with Crippen LogP contribution >= 0.6 is 0 Å². The van der Waals surface area contributed by atoms with Gasteiger partial charge in [-0.15, -0.1) is 0 Å². The Morgan fingerprint density at radius 1 is 1.32 bits per heavy atom. The van der Waals surface area contributed by atoms with E-state index in [4.69, 9.17) is 4.74 Å². The lowest BCUT2D eigenvalue weighted by Crippen LogP contribution is -2.28. The van der Waals surface area contributed by atoms with E-state index < -0.39 is 0 Å². The van der Waals surface area contributed by atoms with Crippen molar-refractivity contribution >= 4 is 5.91 Å². The molecule has 3 atom stereocenters. The molecule has 5 heteroatoms. The summed E-state index contributed by atoms with van der Waals surface area (Å²) in [4.78, 5) is 18.8. The Labute approximate surface area is 148 Å². The molecule has 0 spiro atoms. The molecule has 0 aliphatic heterocycles. The third-order valence-corrected chi connectivity index (χ3v) is 5.12. The number of amides is 1. The summed E-state index contributed by atoms with van der Waals surface area (Å²) in [5.41, 5.74) is 3.44. The van der Waals surface area contributed by atoms with Gasteiger partial charge in [-0.1, -0.05) is 24.3 Å². The molecule has 2 aliphatic carbocycles. The van der Waals surface area contributed by atoms with Crippen LogP contribution < -0.4 is 10.1 Å². The number of fused-ring (bicyclic) bond motifs is 3. The van der Waals surface area contributed by atoms with Gasteiger partial charge in [0, 0.05) is 36.3 Å². The zero-order valence-corrected chi connectivity index (χ0v) is 14.6. The van der Waals surface area contributed by atoms with Gasteiger partial charge in [0.1, 0.15) is 6.61 Å². The third-order valence-electron chi connectivity index (χ3n) is 5.12. The standard InChI is InChI=1S/C20H23N3O2/c1-23(2)9-10-25-17-12-14(7-8-21-17)20(24)22-19-16-11-13-5-3-4-6-15(13)18(16)19/h3-8,12,16,18-19H,9-11H2,1-2H3,(H,22,24)/t16-,18-,19-/m1/s1. The highest BCUT2D eigenvalue weighted by atomic mass is 16.5. The number of benzene rings is 1. The maximum atomic E-state index is 12.6. The summed E-state index contributed by atoms with van der Waals surface area (Å²) in [5.74, 6) is 1.49. The first-order chi connectivity index (χ1) is 12.1. The summed E-state index contributed by atoms with van der Waals surface area (Å²) in [5, 5.41) is 3.18. The largest absolute Gasteiger partial charge is 0.476 e. The van der Waals surface area contributed by atoms with E-state index in [0.29, 0.717) is 29.9 Å². The fourth-order valence-electron chi connectivity index (χ4n) is 3.75. The first-order valence-corrected chi connectivity index (χ1v) is 8.76. The molecular formula is C20H23N3O2. The predicted molar refractivity (Wildman–Crippen MR) is 95.9 cm³/mol. The third kappa shape index (κ3) is 3.24. The average Bonchev–Trinajstić information content (AvgIpc) is 3.11. The first-order valence-electron chi connectivity index (χ1n) is 8.76. The van der Waals surface area contributed by atoms with Crippen molar-refractivity contribution in [3.05, 3.63) is 59.3 Å². The van der Waals surface area contributed by atoms with Crippen molar-refractivity contribution in [2.75, 3.05) is 27.2 Å². The van der Waals surface area contributed by atoms with Crippen LogP contribution in [0.1, 0.15) is 27.4 Å². The van der Waals surface area contributed by atoms with E-state index in [1.807, 2.05) is 19.0 Å². The molecule has 0 radical (unpaired) electrons. The monoisotopic (exact) mass is 337 g/mol. The first kappa shape index (κ1) is 16.1. The van der Waals surface area contributed by atoms with E-state index >= 15 is 0 Å². The second-order valence-electron chi connectivity index (χ2n) is 7.13. The summed E-state index contributed by atoms with van der Waals surface area (Å²) in [7, 11) is 3.98. The molecule has 2 aliphatic rings. The van der Waals surface area contributed by atoms with E-state index in [0.717, 1.165) is 13.0 Å². The zero-order chi connectivity index (χ0) is 17.4. The number of ether oxygens (including phenoxy) is 1. The maximum absolute atomic E-state index is 12.6. The van der Waals surface area contributed by atoms with E-state index in [9.17, 15) is 4.79 Å². The zero-order valence-electron chi connectivity index (χ0n) is 14.6. The van der Waals surface area contributed by atoms with Gasteiger partial charge in [0.25, 0.3) is 5.91 Å². The smallest absolute Gasteiger partial charge is 0.251 e. The van der Waals surface area contributed by atoms with Gasteiger partial charge < -0.3 is 15.0 Å². The Bertz CT molecular complexity index is 790. The molecule has 0 unspecified atom stereocenters. The minimum Gasteiger partial charge on any atom is -0.476 e. The van der Waals surface area contributed by atoms with Crippen LogP contribution in [0.4, 0.5) is 0 Å². The molecule has 1 aromatic heterocycles. The van der Waals surface area contributed by atoms with Gasteiger partial charge >= 0.3 is 0 Å². The lowest BCUT2D eigenvalue weighted by molar-refractivity contribution is 0.0947. The predicted octanol–water partition coefficient (Wildman–Crippen LogP) is 2.09. The van der Waals surface area contributed by atoms with Crippen molar-refractivity contribution in [1.29, 1.82) is 0 Å². The highest BCUT2D eigenvalue weighted by Crippen LogP contribution is 2.56. The number of hydrogen-bond acceptors (Lipinski definition) is 4. The fourth-order valence-corrected chi connectivity index (χ4v) is 3.75. The molecule has 1 saturated carbocycles. The summed E-state index contributed by atoms with van der Waals surface area (Å²) in [6, 6.07) is 12.3. The van der Waals surface area contributed by atoms with Crippen LogP contribution in [0.15, 0.2) is 42.6 Å². The van der Waals surface area contributed by atoms with Gasteiger partial charge in [0.15, 0.2) is 0 Å². The maximum Gasteiger partial charge on any atom is 0.251 e. The molecule has 1 N–H and O–H groups in total. The van der Waals surface area contributed by atoms with Gasteiger partial charge in [-0.2, -0.15) is 0 Å². The lowest BCUT2D eigenvalue weighted by Gasteiger charge is -2.12. The molecule has 1 heterocycles. The second kappa shape index (κ2) is 6.48. The molecule has 1 fully saturated rings. The number of hydrogen-bond donors (Lipinski definition) is 1. The molecule has 25 heavy (non-hydrogen) atoms. The molecule has 0 saturated heterocycles. The van der Waals surface area contributed by atoms with Gasteiger partial charge in [0.2, 0.25) is 5.88 Å². The molecule has 5 nitrogen and oxygen atoms in total. The Morgan fingerprint density at radius 2 is 2.16 bits per heavy atom. The minimum atomic E-state index is -0.0447. The van der Waals surface area contributed by atoms with Crippen LogP contribution in [0.25, 0.3) is 0 Å². The van der Waals surface area contributed by atoms with E-state index in [2.05, 4.69) is 34.6 Å². The molecule has 1 amide bonds. The van der Waals surface area contributed by atoms with Crippen LogP contribution in [0, 0.1) is 5.92 Å². The Kier molecular flexibility index (Phi) is 4.17. The molecule has 0 bridgehead atoms. The van der Waals surface area contributed by atoms with E-state index in [-0.39, 0.29) is 11.9 Å². The fraction of sp³-hybridized carbons (Fsp3) is 0.400. The Hall–Kier alpha value is -2.40.